The second kappa shape index (κ2) is 7.74. The quantitative estimate of drug-likeness (QED) is 0.759. The first-order chi connectivity index (χ1) is 10.1. The molecular formula is C13H23N5O2S. The number of hydrogen-bond acceptors (Lipinski definition) is 6. The molecule has 8 heteroatoms. The molecule has 2 heterocycles. The van der Waals surface area contributed by atoms with E-state index in [2.05, 4.69) is 34.7 Å². The highest BCUT2D eigenvalue weighted by atomic mass is 32.2. The van der Waals surface area contributed by atoms with Gasteiger partial charge in [-0.15, -0.1) is 5.10 Å². The zero-order chi connectivity index (χ0) is 15.2. The molecule has 2 atom stereocenters. The highest BCUT2D eigenvalue weighted by Gasteiger charge is 2.22. The number of rotatable bonds is 7. The summed E-state index contributed by atoms with van der Waals surface area (Å²) in [5.74, 6) is 0.455. The maximum absolute atomic E-state index is 12.0. The number of aromatic nitrogens is 4. The Balaban J connectivity index is 1.87. The second-order valence-corrected chi connectivity index (χ2v) is 6.99. The van der Waals surface area contributed by atoms with Gasteiger partial charge in [-0.2, -0.15) is 0 Å². The average Bonchev–Trinajstić information content (AvgIpc) is 3.09. The lowest BCUT2D eigenvalue weighted by Crippen LogP contribution is -2.33. The van der Waals surface area contributed by atoms with Crippen LogP contribution in [0.3, 0.4) is 0 Å². The van der Waals surface area contributed by atoms with E-state index >= 15 is 0 Å². The first kappa shape index (κ1) is 16.2. The van der Waals surface area contributed by atoms with E-state index in [0.717, 1.165) is 19.4 Å². The van der Waals surface area contributed by atoms with Crippen LogP contribution in [0.1, 0.15) is 33.6 Å². The second-order valence-electron chi connectivity index (χ2n) is 5.68. The molecular weight excluding hydrogens is 290 g/mol. The Bertz CT molecular complexity index is 459. The van der Waals surface area contributed by atoms with Gasteiger partial charge in [0.2, 0.25) is 11.1 Å². The fourth-order valence-corrected chi connectivity index (χ4v) is 2.86. The number of amides is 1. The Hall–Kier alpha value is -1.15. The third kappa shape index (κ3) is 4.96. The maximum Gasteiger partial charge on any atom is 0.233 e. The number of ether oxygens (including phenoxy) is 1. The smallest absolute Gasteiger partial charge is 0.233 e. The van der Waals surface area contributed by atoms with Crippen molar-refractivity contribution in [3.8, 4) is 0 Å². The van der Waals surface area contributed by atoms with Crippen molar-refractivity contribution in [1.82, 2.24) is 25.5 Å². The number of tetrazole rings is 1. The van der Waals surface area contributed by atoms with E-state index in [1.165, 1.54) is 11.8 Å². The van der Waals surface area contributed by atoms with Crippen molar-refractivity contribution in [2.24, 2.45) is 5.92 Å². The van der Waals surface area contributed by atoms with Gasteiger partial charge in [0.25, 0.3) is 0 Å². The molecule has 1 aliphatic heterocycles. The summed E-state index contributed by atoms with van der Waals surface area (Å²) in [6.45, 7) is 8.15. The standard InChI is InChI=1S/C13H23N5O2S/c1-9(2)7-14-12(19)10(3)21-13-15-16-17-18(13)8-11-5-4-6-20-11/h9-11H,4-8H2,1-3H3,(H,14,19). The van der Waals surface area contributed by atoms with Crippen LogP contribution >= 0.6 is 11.8 Å². The number of nitrogens with zero attached hydrogens (tertiary/aromatic N) is 4. The number of carbonyl (C=O) groups is 1. The van der Waals surface area contributed by atoms with Crippen LogP contribution < -0.4 is 5.32 Å². The molecule has 1 aliphatic rings. The summed E-state index contributed by atoms with van der Waals surface area (Å²) in [5, 5.41) is 15.1. The van der Waals surface area contributed by atoms with Gasteiger partial charge in [-0.25, -0.2) is 4.68 Å². The zero-order valence-corrected chi connectivity index (χ0v) is 13.6. The average molecular weight is 313 g/mol. The molecule has 1 aromatic rings. The lowest BCUT2D eigenvalue weighted by molar-refractivity contribution is -0.120. The van der Waals surface area contributed by atoms with Crippen LogP contribution in [0.2, 0.25) is 0 Å². The van der Waals surface area contributed by atoms with Crippen LogP contribution in [-0.4, -0.2) is 50.6 Å². The Labute approximate surface area is 129 Å². The molecule has 21 heavy (non-hydrogen) atoms. The van der Waals surface area contributed by atoms with Gasteiger partial charge in [-0.1, -0.05) is 25.6 Å². The van der Waals surface area contributed by atoms with Crippen LogP contribution in [0.4, 0.5) is 0 Å². The van der Waals surface area contributed by atoms with Gasteiger partial charge in [-0.3, -0.25) is 4.79 Å². The maximum atomic E-state index is 12.0. The van der Waals surface area contributed by atoms with Crippen molar-refractivity contribution in [2.75, 3.05) is 13.2 Å². The molecule has 1 aromatic heterocycles. The predicted molar refractivity (Wildman–Crippen MR) is 80.0 cm³/mol. The molecule has 1 N–H and O–H groups in total. The molecule has 2 unspecified atom stereocenters. The largest absolute Gasteiger partial charge is 0.376 e. The predicted octanol–water partition coefficient (Wildman–Crippen LogP) is 1.10. The van der Waals surface area contributed by atoms with Gasteiger partial charge in [-0.05, 0) is 36.1 Å². The topological polar surface area (TPSA) is 81.9 Å². The Morgan fingerprint density at radius 2 is 2.33 bits per heavy atom. The number of thioether (sulfide) groups is 1. The fourth-order valence-electron chi connectivity index (χ4n) is 2.04. The first-order valence-corrected chi connectivity index (χ1v) is 8.26. The monoisotopic (exact) mass is 313 g/mol. The molecule has 7 nitrogen and oxygen atoms in total. The third-order valence-corrected chi connectivity index (χ3v) is 4.31. The molecule has 1 saturated heterocycles. The normalized spacial score (nSPS) is 19.9. The first-order valence-electron chi connectivity index (χ1n) is 7.38. The molecule has 2 rings (SSSR count). The summed E-state index contributed by atoms with van der Waals surface area (Å²) in [5.41, 5.74) is 0. The summed E-state index contributed by atoms with van der Waals surface area (Å²) in [4.78, 5) is 12.0. The van der Waals surface area contributed by atoms with E-state index in [1.54, 1.807) is 4.68 Å². The number of nitrogens with one attached hydrogen (secondary N) is 1. The van der Waals surface area contributed by atoms with Crippen LogP contribution in [0.15, 0.2) is 5.16 Å². The molecule has 1 amide bonds. The Kier molecular flexibility index (Phi) is 5.98. The summed E-state index contributed by atoms with van der Waals surface area (Å²) >= 11 is 1.38. The molecule has 1 fully saturated rings. The molecule has 0 radical (unpaired) electrons. The van der Waals surface area contributed by atoms with Gasteiger partial charge >= 0.3 is 0 Å². The van der Waals surface area contributed by atoms with E-state index in [-0.39, 0.29) is 17.3 Å². The van der Waals surface area contributed by atoms with E-state index in [9.17, 15) is 4.79 Å². The zero-order valence-electron chi connectivity index (χ0n) is 12.8. The molecule has 118 valence electrons. The highest BCUT2D eigenvalue weighted by Crippen LogP contribution is 2.22. The Morgan fingerprint density at radius 1 is 1.52 bits per heavy atom. The summed E-state index contributed by atoms with van der Waals surface area (Å²) in [6.07, 6.45) is 2.30. The van der Waals surface area contributed by atoms with Crippen molar-refractivity contribution in [2.45, 2.75) is 56.7 Å². The molecule has 0 saturated carbocycles. The van der Waals surface area contributed by atoms with Crippen molar-refractivity contribution in [1.29, 1.82) is 0 Å². The van der Waals surface area contributed by atoms with E-state index in [0.29, 0.717) is 24.2 Å². The lowest BCUT2D eigenvalue weighted by atomic mass is 10.2. The van der Waals surface area contributed by atoms with E-state index < -0.39 is 0 Å². The van der Waals surface area contributed by atoms with Crippen LogP contribution in [0.25, 0.3) is 0 Å². The van der Waals surface area contributed by atoms with Crippen LogP contribution in [0.5, 0.6) is 0 Å². The Morgan fingerprint density at radius 3 is 3.00 bits per heavy atom. The number of hydrogen-bond donors (Lipinski definition) is 1. The minimum absolute atomic E-state index is 0.0142. The lowest BCUT2D eigenvalue weighted by Gasteiger charge is -2.14. The third-order valence-electron chi connectivity index (χ3n) is 3.24. The van der Waals surface area contributed by atoms with Crippen molar-refractivity contribution in [3.05, 3.63) is 0 Å². The van der Waals surface area contributed by atoms with Gasteiger partial charge in [0.05, 0.1) is 17.9 Å². The SMILES string of the molecule is CC(C)CNC(=O)C(C)Sc1nnnn1CC1CCCO1. The van der Waals surface area contributed by atoms with Crippen molar-refractivity contribution >= 4 is 17.7 Å². The fraction of sp³-hybridized carbons (Fsp3) is 0.846. The van der Waals surface area contributed by atoms with E-state index in [4.69, 9.17) is 4.74 Å². The number of carbonyl (C=O) groups excluding carboxylic acids is 1. The van der Waals surface area contributed by atoms with Gasteiger partial charge in [0.1, 0.15) is 0 Å². The van der Waals surface area contributed by atoms with Crippen molar-refractivity contribution < 1.29 is 9.53 Å². The summed E-state index contributed by atoms with van der Waals surface area (Å²) in [6, 6.07) is 0. The minimum Gasteiger partial charge on any atom is -0.376 e. The van der Waals surface area contributed by atoms with Gasteiger partial charge < -0.3 is 10.1 Å². The van der Waals surface area contributed by atoms with Crippen LogP contribution in [0, 0.1) is 5.92 Å². The summed E-state index contributed by atoms with van der Waals surface area (Å²) < 4.78 is 7.32. The molecule has 0 bridgehead atoms. The van der Waals surface area contributed by atoms with Gasteiger partial charge in [0, 0.05) is 13.2 Å². The molecule has 0 aromatic carbocycles. The van der Waals surface area contributed by atoms with Crippen LogP contribution in [-0.2, 0) is 16.1 Å². The minimum atomic E-state index is -0.224. The van der Waals surface area contributed by atoms with Crippen molar-refractivity contribution in [3.63, 3.8) is 0 Å². The summed E-state index contributed by atoms with van der Waals surface area (Å²) in [7, 11) is 0. The molecule has 0 spiro atoms. The molecule has 0 aliphatic carbocycles. The van der Waals surface area contributed by atoms with E-state index in [1.807, 2.05) is 6.92 Å². The highest BCUT2D eigenvalue weighted by molar-refractivity contribution is 8.00. The van der Waals surface area contributed by atoms with Gasteiger partial charge in [0.15, 0.2) is 0 Å².